The molecule has 8 nitrogen and oxygen atoms in total. The number of nitrogens with two attached hydrogens (primary N) is 2. The molecule has 27 heavy (non-hydrogen) atoms. The van der Waals surface area contributed by atoms with Crippen molar-refractivity contribution in [3.8, 4) is 0 Å². The molecule has 1 aliphatic rings. The van der Waals surface area contributed by atoms with Crippen LogP contribution in [0.4, 0.5) is 11.9 Å². The Morgan fingerprint density at radius 3 is 2.52 bits per heavy atom. The van der Waals surface area contributed by atoms with E-state index in [2.05, 4.69) is 15.0 Å². The Kier molecular flexibility index (Phi) is 4.53. The van der Waals surface area contributed by atoms with Crippen LogP contribution in [0, 0.1) is 0 Å². The van der Waals surface area contributed by atoms with Crippen LogP contribution < -0.4 is 11.5 Å². The third-order valence-corrected chi connectivity index (χ3v) is 4.67. The molecular weight excluding hydrogens is 344 g/mol. The lowest BCUT2D eigenvalue weighted by Crippen LogP contribution is -2.14. The highest BCUT2D eigenvalue weighted by Gasteiger charge is 2.23. The second kappa shape index (κ2) is 7.14. The van der Waals surface area contributed by atoms with Crippen LogP contribution in [0.15, 0.2) is 24.3 Å². The number of benzene rings is 1. The molecule has 0 radical (unpaired) electrons. The van der Waals surface area contributed by atoms with Gasteiger partial charge in [-0.1, -0.05) is 24.6 Å². The molecule has 0 unspecified atom stereocenters. The van der Waals surface area contributed by atoms with Gasteiger partial charge in [-0.2, -0.15) is 15.0 Å². The standard InChI is InChI=1S/C19H20N6O2/c20-18-23-15(24-19(21)25-18)10-27-17(26)16-11-6-2-1-3-8-13(11)22-14-9-5-4-7-12(14)16/h4-5,7,9H,1-3,6,8,10H2,(H4,20,21,23,24,25). The SMILES string of the molecule is Nc1nc(N)nc(COC(=O)c2c3c(nc4ccccc24)CCCCC3)n1. The van der Waals surface area contributed by atoms with E-state index in [0.29, 0.717) is 5.56 Å². The van der Waals surface area contributed by atoms with Gasteiger partial charge in [0, 0.05) is 11.1 Å². The second-order valence-electron chi connectivity index (χ2n) is 6.53. The van der Waals surface area contributed by atoms with Crippen LogP contribution in [0.2, 0.25) is 0 Å². The Balaban J connectivity index is 1.71. The Hall–Kier alpha value is -3.29. The minimum atomic E-state index is -0.413. The summed E-state index contributed by atoms with van der Waals surface area (Å²) in [7, 11) is 0. The van der Waals surface area contributed by atoms with Gasteiger partial charge in [-0.05, 0) is 37.3 Å². The van der Waals surface area contributed by atoms with Crippen molar-refractivity contribution in [2.75, 3.05) is 11.5 Å². The molecule has 8 heteroatoms. The van der Waals surface area contributed by atoms with Gasteiger partial charge in [0.2, 0.25) is 11.9 Å². The van der Waals surface area contributed by atoms with E-state index < -0.39 is 5.97 Å². The van der Waals surface area contributed by atoms with Crippen molar-refractivity contribution >= 4 is 28.8 Å². The Labute approximate surface area is 156 Å². The number of hydrogen-bond acceptors (Lipinski definition) is 8. The predicted octanol–water partition coefficient (Wildman–Crippen LogP) is 2.21. The predicted molar refractivity (Wildman–Crippen MR) is 101 cm³/mol. The third kappa shape index (κ3) is 3.51. The molecule has 138 valence electrons. The van der Waals surface area contributed by atoms with Crippen molar-refractivity contribution in [1.29, 1.82) is 0 Å². The monoisotopic (exact) mass is 364 g/mol. The summed E-state index contributed by atoms with van der Waals surface area (Å²) in [5, 5.41) is 0.804. The molecule has 0 aliphatic heterocycles. The molecule has 0 amide bonds. The van der Waals surface area contributed by atoms with Crippen molar-refractivity contribution < 1.29 is 9.53 Å². The van der Waals surface area contributed by atoms with E-state index in [0.717, 1.165) is 54.3 Å². The summed E-state index contributed by atoms with van der Waals surface area (Å²) in [4.78, 5) is 29.4. The second-order valence-corrected chi connectivity index (χ2v) is 6.53. The lowest BCUT2D eigenvalue weighted by atomic mass is 9.97. The summed E-state index contributed by atoms with van der Waals surface area (Å²) < 4.78 is 5.51. The lowest BCUT2D eigenvalue weighted by Gasteiger charge is -2.14. The number of carbonyl (C=O) groups excluding carboxylic acids is 1. The van der Waals surface area contributed by atoms with Gasteiger partial charge in [0.1, 0.15) is 0 Å². The molecule has 2 aromatic heterocycles. The minimum Gasteiger partial charge on any atom is -0.454 e. The number of anilines is 2. The zero-order chi connectivity index (χ0) is 18.8. The van der Waals surface area contributed by atoms with Crippen LogP contribution in [0.25, 0.3) is 10.9 Å². The van der Waals surface area contributed by atoms with Gasteiger partial charge in [-0.25, -0.2) is 4.79 Å². The number of rotatable bonds is 3. The lowest BCUT2D eigenvalue weighted by molar-refractivity contribution is 0.0463. The zero-order valence-electron chi connectivity index (χ0n) is 14.8. The summed E-state index contributed by atoms with van der Waals surface area (Å²) >= 11 is 0. The summed E-state index contributed by atoms with van der Waals surface area (Å²) in [5.74, 6) is -0.198. The molecule has 2 heterocycles. The molecule has 4 N–H and O–H groups in total. The Morgan fingerprint density at radius 1 is 0.963 bits per heavy atom. The number of carbonyl (C=O) groups is 1. The first-order valence-electron chi connectivity index (χ1n) is 8.95. The van der Waals surface area contributed by atoms with Crippen molar-refractivity contribution in [3.05, 3.63) is 46.9 Å². The molecular formula is C19H20N6O2. The van der Waals surface area contributed by atoms with Gasteiger partial charge >= 0.3 is 5.97 Å². The fourth-order valence-electron chi connectivity index (χ4n) is 3.51. The maximum Gasteiger partial charge on any atom is 0.339 e. The highest BCUT2D eigenvalue weighted by atomic mass is 16.5. The van der Waals surface area contributed by atoms with Crippen molar-refractivity contribution in [2.24, 2.45) is 0 Å². The zero-order valence-corrected chi connectivity index (χ0v) is 14.8. The van der Waals surface area contributed by atoms with Gasteiger partial charge < -0.3 is 16.2 Å². The van der Waals surface area contributed by atoms with E-state index in [1.54, 1.807) is 0 Å². The molecule has 1 aliphatic carbocycles. The molecule has 0 atom stereocenters. The van der Waals surface area contributed by atoms with Gasteiger partial charge in [0.05, 0.1) is 11.1 Å². The number of para-hydroxylation sites is 1. The van der Waals surface area contributed by atoms with Crippen LogP contribution in [0.5, 0.6) is 0 Å². The largest absolute Gasteiger partial charge is 0.454 e. The van der Waals surface area contributed by atoms with Crippen molar-refractivity contribution in [3.63, 3.8) is 0 Å². The van der Waals surface area contributed by atoms with Gasteiger partial charge in [0.25, 0.3) is 0 Å². The van der Waals surface area contributed by atoms with Crippen LogP contribution in [0.3, 0.4) is 0 Å². The quantitative estimate of drug-likeness (QED) is 0.534. The average Bonchev–Trinajstić information content (AvgIpc) is 2.88. The van der Waals surface area contributed by atoms with Crippen molar-refractivity contribution in [2.45, 2.75) is 38.7 Å². The third-order valence-electron chi connectivity index (χ3n) is 4.67. The number of fused-ring (bicyclic) bond motifs is 2. The topological polar surface area (TPSA) is 130 Å². The normalized spacial score (nSPS) is 13.8. The number of hydrogen-bond donors (Lipinski definition) is 2. The van der Waals surface area contributed by atoms with E-state index in [-0.39, 0.29) is 24.3 Å². The molecule has 1 aromatic carbocycles. The van der Waals surface area contributed by atoms with Crippen LogP contribution in [-0.2, 0) is 24.2 Å². The number of pyridine rings is 1. The summed E-state index contributed by atoms with van der Waals surface area (Å²) in [6, 6.07) is 7.65. The molecule has 0 spiro atoms. The van der Waals surface area contributed by atoms with Crippen LogP contribution in [0.1, 0.15) is 46.7 Å². The van der Waals surface area contributed by atoms with Crippen LogP contribution >= 0.6 is 0 Å². The molecule has 4 rings (SSSR count). The van der Waals surface area contributed by atoms with Gasteiger partial charge in [-0.3, -0.25) is 4.98 Å². The summed E-state index contributed by atoms with van der Waals surface area (Å²) in [6.07, 6.45) is 4.94. The minimum absolute atomic E-state index is 0.00298. The maximum absolute atomic E-state index is 13.0. The number of aromatic nitrogens is 4. The average molecular weight is 364 g/mol. The van der Waals surface area contributed by atoms with E-state index in [9.17, 15) is 4.79 Å². The number of ether oxygens (including phenoxy) is 1. The smallest absolute Gasteiger partial charge is 0.339 e. The number of esters is 1. The van der Waals surface area contributed by atoms with E-state index in [1.165, 1.54) is 0 Å². The first kappa shape index (κ1) is 17.1. The molecule has 0 saturated carbocycles. The van der Waals surface area contributed by atoms with E-state index >= 15 is 0 Å². The van der Waals surface area contributed by atoms with Gasteiger partial charge in [-0.15, -0.1) is 0 Å². The highest BCUT2D eigenvalue weighted by Crippen LogP contribution is 2.29. The summed E-state index contributed by atoms with van der Waals surface area (Å²) in [5.41, 5.74) is 14.5. The first-order chi connectivity index (χ1) is 13.1. The fourth-order valence-corrected chi connectivity index (χ4v) is 3.51. The number of aryl methyl sites for hydroxylation is 1. The number of nitrogens with zero attached hydrogens (tertiary/aromatic N) is 4. The first-order valence-corrected chi connectivity index (χ1v) is 8.95. The molecule has 0 bridgehead atoms. The highest BCUT2D eigenvalue weighted by molar-refractivity contribution is 6.05. The Morgan fingerprint density at radius 2 is 1.70 bits per heavy atom. The van der Waals surface area contributed by atoms with E-state index in [1.807, 2.05) is 24.3 Å². The molecule has 3 aromatic rings. The van der Waals surface area contributed by atoms with Gasteiger partial charge in [0.15, 0.2) is 12.4 Å². The summed E-state index contributed by atoms with van der Waals surface area (Å²) in [6.45, 7) is -0.124. The molecule has 0 fully saturated rings. The Bertz CT molecular complexity index is 1000. The van der Waals surface area contributed by atoms with Crippen molar-refractivity contribution in [1.82, 2.24) is 19.9 Å². The fraction of sp³-hybridized carbons (Fsp3) is 0.316. The number of nitrogen functional groups attached to an aromatic ring is 2. The maximum atomic E-state index is 13.0. The van der Waals surface area contributed by atoms with Crippen LogP contribution in [-0.4, -0.2) is 25.9 Å². The molecule has 0 saturated heterocycles. The van der Waals surface area contributed by atoms with E-state index in [4.69, 9.17) is 21.2 Å².